The first kappa shape index (κ1) is 32.6. The fourth-order valence-corrected chi connectivity index (χ4v) is 5.26. The number of aryl methyl sites for hydroxylation is 2. The average Bonchev–Trinajstić information content (AvgIpc) is 3.20. The summed E-state index contributed by atoms with van der Waals surface area (Å²) in [6, 6.07) is 11.2. The second-order valence-electron chi connectivity index (χ2n) is 10.8. The minimum absolute atomic E-state index is 0.0383. The van der Waals surface area contributed by atoms with Crippen molar-refractivity contribution in [3.05, 3.63) is 82.1 Å². The maximum absolute atomic E-state index is 13.3. The standard InChI is InChI=1S/C33H36N6O6/c1-22-18-24(19-23(2)30(22)34)20-29(31(42)36-13-5-12-35-14-8-27(41)21-40)45-33(44)38-15-10-26(11-16-38)39-17-9-25-6-3-4-7-28(25)37-32(39)43/h3-4,6-7,12,18-19,26,29,40-41H,9-11,15-17,20-21,34H2,1-2H3,(H,37,43)/t29-/m1/s1. The quantitative estimate of drug-likeness (QED) is 0.160. The van der Waals surface area contributed by atoms with Gasteiger partial charge in [-0.2, -0.15) is 9.98 Å². The fourth-order valence-electron chi connectivity index (χ4n) is 5.26. The van der Waals surface area contributed by atoms with Gasteiger partial charge in [-0.25, -0.2) is 9.59 Å². The number of anilines is 2. The lowest BCUT2D eigenvalue weighted by Gasteiger charge is -2.37. The van der Waals surface area contributed by atoms with Crippen molar-refractivity contribution in [1.82, 2.24) is 9.80 Å². The van der Waals surface area contributed by atoms with Crippen LogP contribution in [0, 0.1) is 13.8 Å². The predicted octanol–water partition coefficient (Wildman–Crippen LogP) is 3.61. The predicted molar refractivity (Wildman–Crippen MR) is 169 cm³/mol. The summed E-state index contributed by atoms with van der Waals surface area (Å²) in [5, 5.41) is 20.8. The van der Waals surface area contributed by atoms with Crippen molar-refractivity contribution in [2.24, 2.45) is 9.98 Å². The van der Waals surface area contributed by atoms with Gasteiger partial charge in [0.1, 0.15) is 6.61 Å². The monoisotopic (exact) mass is 612 g/mol. The van der Waals surface area contributed by atoms with E-state index in [4.69, 9.17) is 20.7 Å². The number of likely N-dealkylation sites (tertiary alicyclic amines) is 1. The van der Waals surface area contributed by atoms with Crippen molar-refractivity contribution < 1.29 is 29.3 Å². The van der Waals surface area contributed by atoms with Crippen LogP contribution in [0.15, 0.2) is 69.8 Å². The van der Waals surface area contributed by atoms with Crippen LogP contribution in [0.2, 0.25) is 0 Å². The van der Waals surface area contributed by atoms with Gasteiger partial charge < -0.3 is 35.8 Å². The molecule has 2 heterocycles. The Morgan fingerprint density at radius 1 is 1.16 bits per heavy atom. The van der Waals surface area contributed by atoms with Crippen LogP contribution in [0.25, 0.3) is 0 Å². The molecule has 2 aromatic rings. The van der Waals surface area contributed by atoms with Gasteiger partial charge in [-0.05, 0) is 72.9 Å². The second-order valence-corrected chi connectivity index (χ2v) is 10.8. The van der Waals surface area contributed by atoms with E-state index in [9.17, 15) is 14.4 Å². The topological polar surface area (TPSA) is 170 Å². The average molecular weight is 613 g/mol. The number of benzene rings is 2. The highest BCUT2D eigenvalue weighted by molar-refractivity contribution is 5.91. The van der Waals surface area contributed by atoms with Gasteiger partial charge in [-0.15, -0.1) is 0 Å². The van der Waals surface area contributed by atoms with Gasteiger partial charge in [0.15, 0.2) is 11.9 Å². The Morgan fingerprint density at radius 3 is 2.58 bits per heavy atom. The molecule has 0 spiro atoms. The Bertz CT molecular complexity index is 1630. The van der Waals surface area contributed by atoms with E-state index in [1.807, 2.05) is 55.1 Å². The molecule has 1 fully saturated rings. The number of carbonyl (C=O) groups is 3. The Morgan fingerprint density at radius 2 is 1.87 bits per heavy atom. The summed E-state index contributed by atoms with van der Waals surface area (Å²) in [6.45, 7) is 4.42. The van der Waals surface area contributed by atoms with Crippen molar-refractivity contribution in [3.63, 3.8) is 0 Å². The zero-order valence-electron chi connectivity index (χ0n) is 25.2. The largest absolute Gasteiger partial charge is 0.502 e. The SMILES string of the molecule is Cc1cc(C[C@@H](OC(=O)N2CCC(N3CCc4ccccc4NC3=O)CC2)C(=O)N=C=C=CN=C=C=C(O)CO)cc(C)c1N. The number of carbonyl (C=O) groups excluding carboxylic acids is 3. The summed E-state index contributed by atoms with van der Waals surface area (Å²) in [6.07, 6.45) is 1.13. The second kappa shape index (κ2) is 15.4. The summed E-state index contributed by atoms with van der Waals surface area (Å²) in [5.74, 6) is 3.35. The first-order chi connectivity index (χ1) is 21.7. The number of hydrogen-bond donors (Lipinski definition) is 4. The molecule has 2 aromatic carbocycles. The van der Waals surface area contributed by atoms with Crippen LogP contribution in [0.5, 0.6) is 0 Å². The zero-order valence-corrected chi connectivity index (χ0v) is 25.2. The van der Waals surface area contributed by atoms with Crippen molar-refractivity contribution in [3.8, 4) is 0 Å². The molecule has 2 aliphatic heterocycles. The highest BCUT2D eigenvalue weighted by atomic mass is 16.6. The number of nitrogen functional groups attached to an aromatic ring is 1. The fraction of sp³-hybridized carbons (Fsp3) is 0.364. The molecular formula is C33H36N6O6. The number of urea groups is 1. The number of para-hydroxylation sites is 1. The maximum Gasteiger partial charge on any atom is 0.410 e. The number of aliphatic imine (C=N–C) groups is 2. The van der Waals surface area contributed by atoms with E-state index < -0.39 is 30.5 Å². The third-order valence-corrected chi connectivity index (χ3v) is 7.67. The smallest absolute Gasteiger partial charge is 0.410 e. The van der Waals surface area contributed by atoms with E-state index in [2.05, 4.69) is 38.5 Å². The van der Waals surface area contributed by atoms with E-state index in [1.165, 1.54) is 4.90 Å². The van der Waals surface area contributed by atoms with Crippen molar-refractivity contribution in [1.29, 1.82) is 0 Å². The molecule has 12 nitrogen and oxygen atoms in total. The highest BCUT2D eigenvalue weighted by Gasteiger charge is 2.33. The number of nitrogens with zero attached hydrogens (tertiary/aromatic N) is 4. The molecule has 2 aliphatic rings. The molecule has 45 heavy (non-hydrogen) atoms. The third kappa shape index (κ3) is 8.85. The number of aliphatic hydroxyl groups excluding tert-OH is 2. The van der Waals surface area contributed by atoms with Gasteiger partial charge in [0.25, 0.3) is 5.91 Å². The number of ether oxygens (including phenoxy) is 1. The molecule has 1 saturated heterocycles. The Balaban J connectivity index is 1.43. The van der Waals surface area contributed by atoms with Crippen LogP contribution in [-0.2, 0) is 22.4 Å². The summed E-state index contributed by atoms with van der Waals surface area (Å²) >= 11 is 0. The van der Waals surface area contributed by atoms with E-state index in [-0.39, 0.29) is 18.5 Å². The van der Waals surface area contributed by atoms with E-state index in [0.29, 0.717) is 38.2 Å². The third-order valence-electron chi connectivity index (χ3n) is 7.67. The molecule has 5 N–H and O–H groups in total. The Kier molecular flexibility index (Phi) is 11.2. The number of fused-ring (bicyclic) bond motifs is 1. The molecule has 0 aliphatic carbocycles. The lowest BCUT2D eigenvalue weighted by Crippen LogP contribution is -2.50. The van der Waals surface area contributed by atoms with E-state index in [0.717, 1.165) is 40.6 Å². The minimum atomic E-state index is -1.24. The molecule has 4 amide bonds. The maximum atomic E-state index is 13.3. The van der Waals surface area contributed by atoms with E-state index in [1.54, 1.807) is 0 Å². The van der Waals surface area contributed by atoms with Gasteiger partial charge in [0.2, 0.25) is 0 Å². The number of rotatable bonds is 7. The molecule has 0 saturated carbocycles. The number of nitrogens with one attached hydrogen (secondary N) is 1. The molecule has 0 bridgehead atoms. The molecule has 4 rings (SSSR count). The number of aliphatic hydroxyl groups is 2. The molecule has 12 heteroatoms. The van der Waals surface area contributed by atoms with E-state index >= 15 is 0 Å². The van der Waals surface area contributed by atoms with Crippen LogP contribution in [-0.4, -0.2) is 88.2 Å². The molecule has 1 atom stereocenters. The summed E-state index contributed by atoms with van der Waals surface area (Å²) < 4.78 is 5.71. The first-order valence-corrected chi connectivity index (χ1v) is 14.6. The minimum Gasteiger partial charge on any atom is -0.502 e. The van der Waals surface area contributed by atoms with Crippen molar-refractivity contribution in [2.45, 2.75) is 51.7 Å². The molecule has 0 unspecified atom stereocenters. The van der Waals surface area contributed by atoms with Crippen LogP contribution < -0.4 is 11.1 Å². The Hall–Kier alpha value is -5.33. The Labute approximate surface area is 261 Å². The van der Waals surface area contributed by atoms with Gasteiger partial charge in [0.05, 0.1) is 6.20 Å². The van der Waals surface area contributed by atoms with Gasteiger partial charge in [-0.1, -0.05) is 30.3 Å². The lowest BCUT2D eigenvalue weighted by molar-refractivity contribution is -0.126. The molecular weight excluding hydrogens is 576 g/mol. The van der Waals surface area contributed by atoms with Crippen molar-refractivity contribution in [2.75, 3.05) is 37.3 Å². The highest BCUT2D eigenvalue weighted by Crippen LogP contribution is 2.25. The summed E-state index contributed by atoms with van der Waals surface area (Å²) in [5.41, 5.74) is 15.7. The number of hydrogen-bond acceptors (Lipinski definition) is 8. The lowest BCUT2D eigenvalue weighted by atomic mass is 10.00. The normalized spacial score (nSPS) is 15.0. The number of nitrogens with two attached hydrogens (primary N) is 1. The van der Waals surface area contributed by atoms with Gasteiger partial charge in [0, 0.05) is 55.2 Å². The van der Waals surface area contributed by atoms with Gasteiger partial charge >= 0.3 is 12.1 Å². The summed E-state index contributed by atoms with van der Waals surface area (Å²) in [7, 11) is 0. The molecule has 0 radical (unpaired) electrons. The molecule has 234 valence electrons. The number of amides is 4. The summed E-state index contributed by atoms with van der Waals surface area (Å²) in [4.78, 5) is 50.0. The van der Waals surface area contributed by atoms with Crippen LogP contribution >= 0.6 is 0 Å². The van der Waals surface area contributed by atoms with Crippen LogP contribution in [0.3, 0.4) is 0 Å². The van der Waals surface area contributed by atoms with Crippen LogP contribution in [0.1, 0.15) is 35.1 Å². The first-order valence-electron chi connectivity index (χ1n) is 14.6. The molecule has 0 aromatic heterocycles. The van der Waals surface area contributed by atoms with Crippen molar-refractivity contribution >= 4 is 41.1 Å². The van der Waals surface area contributed by atoms with Gasteiger partial charge in [-0.3, -0.25) is 4.79 Å². The zero-order chi connectivity index (χ0) is 32.3. The van der Waals surface area contributed by atoms with Crippen LogP contribution in [0.4, 0.5) is 21.0 Å². The number of piperidine rings is 1.